The van der Waals surface area contributed by atoms with E-state index in [-0.39, 0.29) is 17.3 Å². The SMILES string of the molecule is CCc1noc(-c2nc(-c3ccccc3)cc(NC)c2[N+](=O)[O-])n1. The third kappa shape index (κ3) is 2.81. The molecule has 0 saturated heterocycles. The minimum atomic E-state index is -0.501. The summed E-state index contributed by atoms with van der Waals surface area (Å²) in [7, 11) is 1.62. The predicted molar refractivity (Wildman–Crippen MR) is 88.5 cm³/mol. The summed E-state index contributed by atoms with van der Waals surface area (Å²) < 4.78 is 5.17. The van der Waals surface area contributed by atoms with E-state index in [4.69, 9.17) is 4.52 Å². The molecule has 8 heteroatoms. The summed E-state index contributed by atoms with van der Waals surface area (Å²) in [6.07, 6.45) is 0.564. The number of aryl methyl sites for hydroxylation is 1. The van der Waals surface area contributed by atoms with Gasteiger partial charge in [0.25, 0.3) is 5.89 Å². The lowest BCUT2D eigenvalue weighted by Crippen LogP contribution is -2.02. The lowest BCUT2D eigenvalue weighted by molar-refractivity contribution is -0.383. The van der Waals surface area contributed by atoms with Gasteiger partial charge in [0.15, 0.2) is 5.82 Å². The molecule has 0 bridgehead atoms. The van der Waals surface area contributed by atoms with Crippen LogP contribution in [-0.4, -0.2) is 27.1 Å². The van der Waals surface area contributed by atoms with Crippen molar-refractivity contribution in [3.63, 3.8) is 0 Å². The van der Waals surface area contributed by atoms with Crippen LogP contribution in [0.5, 0.6) is 0 Å². The minimum Gasteiger partial charge on any atom is -0.382 e. The first-order chi connectivity index (χ1) is 11.6. The normalized spacial score (nSPS) is 10.6. The zero-order chi connectivity index (χ0) is 17.1. The average Bonchev–Trinajstić information content (AvgIpc) is 3.10. The molecular weight excluding hydrogens is 310 g/mol. The fraction of sp³-hybridized carbons (Fsp3) is 0.188. The average molecular weight is 325 g/mol. The van der Waals surface area contributed by atoms with Crippen molar-refractivity contribution < 1.29 is 9.45 Å². The summed E-state index contributed by atoms with van der Waals surface area (Å²) >= 11 is 0. The third-order valence-electron chi connectivity index (χ3n) is 3.50. The molecule has 0 amide bonds. The van der Waals surface area contributed by atoms with Gasteiger partial charge in [0.05, 0.1) is 10.6 Å². The fourth-order valence-corrected chi connectivity index (χ4v) is 2.31. The second kappa shape index (κ2) is 6.45. The van der Waals surface area contributed by atoms with E-state index >= 15 is 0 Å². The van der Waals surface area contributed by atoms with Gasteiger partial charge in [-0.3, -0.25) is 10.1 Å². The van der Waals surface area contributed by atoms with E-state index in [1.807, 2.05) is 37.3 Å². The molecule has 0 atom stereocenters. The highest BCUT2D eigenvalue weighted by atomic mass is 16.6. The highest BCUT2D eigenvalue weighted by molar-refractivity contribution is 5.80. The quantitative estimate of drug-likeness (QED) is 0.566. The Bertz CT molecular complexity index is 877. The van der Waals surface area contributed by atoms with E-state index < -0.39 is 4.92 Å². The molecule has 0 radical (unpaired) electrons. The molecular formula is C16H15N5O3. The molecule has 0 fully saturated rings. The Balaban J connectivity index is 2.25. The van der Waals surface area contributed by atoms with Gasteiger partial charge in [-0.2, -0.15) is 4.98 Å². The number of nitro groups is 1. The molecule has 24 heavy (non-hydrogen) atoms. The van der Waals surface area contributed by atoms with Crippen molar-refractivity contribution in [1.82, 2.24) is 15.1 Å². The van der Waals surface area contributed by atoms with Crippen LogP contribution >= 0.6 is 0 Å². The molecule has 2 heterocycles. The highest BCUT2D eigenvalue weighted by Crippen LogP contribution is 2.37. The van der Waals surface area contributed by atoms with Crippen molar-refractivity contribution in [2.75, 3.05) is 12.4 Å². The van der Waals surface area contributed by atoms with Crippen molar-refractivity contribution in [3.05, 3.63) is 52.3 Å². The summed E-state index contributed by atoms with van der Waals surface area (Å²) in [5, 5.41) is 18.2. The molecule has 1 aromatic carbocycles. The van der Waals surface area contributed by atoms with Gasteiger partial charge >= 0.3 is 5.69 Å². The lowest BCUT2D eigenvalue weighted by atomic mass is 10.1. The molecule has 122 valence electrons. The standard InChI is InChI=1S/C16H15N5O3/c1-3-13-19-16(24-20-13)14-15(21(22)23)12(17-2)9-11(18-14)10-7-5-4-6-8-10/h4-9H,3H2,1-2H3,(H,17,18). The molecule has 0 aliphatic heterocycles. The molecule has 0 spiro atoms. The predicted octanol–water partition coefficient (Wildman–Crippen LogP) is 3.31. The van der Waals surface area contributed by atoms with Crippen LogP contribution in [-0.2, 0) is 6.42 Å². The summed E-state index contributed by atoms with van der Waals surface area (Å²) in [6, 6.07) is 11.0. The molecule has 1 N–H and O–H groups in total. The van der Waals surface area contributed by atoms with Gasteiger partial charge in [0.2, 0.25) is 5.69 Å². The van der Waals surface area contributed by atoms with Gasteiger partial charge < -0.3 is 9.84 Å². The Labute approximate surface area is 137 Å². The Morgan fingerprint density at radius 2 is 2.00 bits per heavy atom. The molecule has 0 aliphatic carbocycles. The number of pyridine rings is 1. The van der Waals surface area contributed by atoms with Crippen molar-refractivity contribution >= 4 is 11.4 Å². The van der Waals surface area contributed by atoms with Gasteiger partial charge in [-0.05, 0) is 6.07 Å². The first-order valence-electron chi connectivity index (χ1n) is 7.39. The van der Waals surface area contributed by atoms with E-state index in [1.165, 1.54) is 0 Å². The van der Waals surface area contributed by atoms with E-state index in [1.54, 1.807) is 13.1 Å². The molecule has 0 aliphatic rings. The second-order valence-corrected chi connectivity index (χ2v) is 4.99. The number of benzene rings is 1. The van der Waals surface area contributed by atoms with Crippen LogP contribution in [0.15, 0.2) is 40.9 Å². The minimum absolute atomic E-state index is 0.0350. The summed E-state index contributed by atoms with van der Waals surface area (Å²) in [5.41, 5.74) is 1.61. The summed E-state index contributed by atoms with van der Waals surface area (Å²) in [5.74, 6) is 0.505. The zero-order valence-corrected chi connectivity index (χ0v) is 13.2. The smallest absolute Gasteiger partial charge is 0.323 e. The molecule has 0 unspecified atom stereocenters. The largest absolute Gasteiger partial charge is 0.382 e. The maximum absolute atomic E-state index is 11.5. The van der Waals surface area contributed by atoms with E-state index in [0.29, 0.717) is 23.6 Å². The summed E-state index contributed by atoms with van der Waals surface area (Å²) in [6.45, 7) is 1.87. The second-order valence-electron chi connectivity index (χ2n) is 4.99. The van der Waals surface area contributed by atoms with Crippen molar-refractivity contribution in [2.45, 2.75) is 13.3 Å². The molecule has 3 rings (SSSR count). The van der Waals surface area contributed by atoms with Gasteiger partial charge in [-0.25, -0.2) is 4.98 Å². The number of nitrogens with one attached hydrogen (secondary N) is 1. The van der Waals surface area contributed by atoms with Gasteiger partial charge in [0.1, 0.15) is 5.69 Å². The molecule has 3 aromatic rings. The van der Waals surface area contributed by atoms with Crippen molar-refractivity contribution in [1.29, 1.82) is 0 Å². The number of rotatable bonds is 5. The number of hydrogen-bond acceptors (Lipinski definition) is 7. The van der Waals surface area contributed by atoms with Crippen LogP contribution in [0.1, 0.15) is 12.7 Å². The lowest BCUT2D eigenvalue weighted by Gasteiger charge is -2.08. The Hall–Kier alpha value is -3.29. The third-order valence-corrected chi connectivity index (χ3v) is 3.50. The highest BCUT2D eigenvalue weighted by Gasteiger charge is 2.28. The number of aromatic nitrogens is 3. The van der Waals surface area contributed by atoms with Crippen LogP contribution < -0.4 is 5.32 Å². The van der Waals surface area contributed by atoms with Crippen LogP contribution in [0, 0.1) is 10.1 Å². The van der Waals surface area contributed by atoms with Crippen LogP contribution in [0.25, 0.3) is 22.8 Å². The van der Waals surface area contributed by atoms with Crippen molar-refractivity contribution in [2.24, 2.45) is 0 Å². The first-order valence-corrected chi connectivity index (χ1v) is 7.39. The van der Waals surface area contributed by atoms with E-state index in [9.17, 15) is 10.1 Å². The summed E-state index contributed by atoms with van der Waals surface area (Å²) in [4.78, 5) is 19.6. The fourth-order valence-electron chi connectivity index (χ4n) is 2.31. The maximum Gasteiger partial charge on any atom is 0.323 e. The van der Waals surface area contributed by atoms with Crippen LogP contribution in [0.4, 0.5) is 11.4 Å². The van der Waals surface area contributed by atoms with Gasteiger partial charge in [-0.1, -0.05) is 42.4 Å². The molecule has 8 nitrogen and oxygen atoms in total. The number of hydrogen-bond donors (Lipinski definition) is 1. The van der Waals surface area contributed by atoms with Crippen LogP contribution in [0.2, 0.25) is 0 Å². The number of nitrogens with zero attached hydrogens (tertiary/aromatic N) is 4. The first kappa shape index (κ1) is 15.6. The maximum atomic E-state index is 11.5. The van der Waals surface area contributed by atoms with Gasteiger partial charge in [-0.15, -0.1) is 0 Å². The van der Waals surface area contributed by atoms with Gasteiger partial charge in [0, 0.05) is 19.0 Å². The topological polar surface area (TPSA) is 107 Å². The Morgan fingerprint density at radius 3 is 2.58 bits per heavy atom. The number of anilines is 1. The van der Waals surface area contributed by atoms with E-state index in [2.05, 4.69) is 20.4 Å². The van der Waals surface area contributed by atoms with Crippen LogP contribution in [0.3, 0.4) is 0 Å². The Morgan fingerprint density at radius 1 is 1.25 bits per heavy atom. The molecule has 2 aromatic heterocycles. The monoisotopic (exact) mass is 325 g/mol. The van der Waals surface area contributed by atoms with E-state index in [0.717, 1.165) is 5.56 Å². The zero-order valence-electron chi connectivity index (χ0n) is 13.2. The Kier molecular flexibility index (Phi) is 4.19. The molecule has 0 saturated carbocycles. The van der Waals surface area contributed by atoms with Crippen molar-refractivity contribution in [3.8, 4) is 22.8 Å².